The van der Waals surface area contributed by atoms with E-state index in [0.717, 1.165) is 12.0 Å². The van der Waals surface area contributed by atoms with E-state index in [-0.39, 0.29) is 4.90 Å². The fourth-order valence-electron chi connectivity index (χ4n) is 2.44. The van der Waals surface area contributed by atoms with Crippen LogP contribution in [0.2, 0.25) is 0 Å². The lowest BCUT2D eigenvalue weighted by Gasteiger charge is -2.27. The van der Waals surface area contributed by atoms with Gasteiger partial charge in [0, 0.05) is 19.3 Å². The van der Waals surface area contributed by atoms with Crippen LogP contribution in [0.5, 0.6) is 0 Å². The molecule has 1 aliphatic rings. The van der Waals surface area contributed by atoms with Crippen molar-refractivity contribution in [1.29, 1.82) is 0 Å². The van der Waals surface area contributed by atoms with Gasteiger partial charge in [-0.1, -0.05) is 17.2 Å². The molecule has 5 nitrogen and oxygen atoms in total. The highest BCUT2D eigenvalue weighted by molar-refractivity contribution is 7.89. The van der Waals surface area contributed by atoms with Crippen LogP contribution in [0.25, 0.3) is 5.52 Å². The van der Waals surface area contributed by atoms with Crippen LogP contribution >= 0.6 is 0 Å². The van der Waals surface area contributed by atoms with Gasteiger partial charge in [0.25, 0.3) is 0 Å². The highest BCUT2D eigenvalue weighted by Crippen LogP contribution is 2.26. The van der Waals surface area contributed by atoms with Crippen molar-refractivity contribution in [1.82, 2.24) is 13.9 Å². The molecule has 0 atom stereocenters. The summed E-state index contributed by atoms with van der Waals surface area (Å²) in [4.78, 5) is 0.283. The quantitative estimate of drug-likeness (QED) is 0.796. The zero-order chi connectivity index (χ0) is 14.3. The maximum absolute atomic E-state index is 12.8. The molecule has 0 bridgehead atoms. The van der Waals surface area contributed by atoms with E-state index in [1.165, 1.54) is 11.8 Å². The average Bonchev–Trinajstić information content (AvgIpc) is 2.86. The Morgan fingerprint density at radius 2 is 2.00 bits per heavy atom. The molecule has 0 aromatic carbocycles. The van der Waals surface area contributed by atoms with E-state index in [1.54, 1.807) is 21.1 Å². The smallest absolute Gasteiger partial charge is 0.240 e. The highest BCUT2D eigenvalue weighted by Gasteiger charge is 2.29. The third-order valence-corrected chi connectivity index (χ3v) is 5.75. The number of aromatic nitrogens is 2. The van der Waals surface area contributed by atoms with E-state index in [2.05, 4.69) is 12.0 Å². The molecule has 3 heterocycles. The van der Waals surface area contributed by atoms with Gasteiger partial charge in [-0.05, 0) is 32.4 Å². The van der Waals surface area contributed by atoms with Crippen LogP contribution in [0.3, 0.4) is 0 Å². The Morgan fingerprint density at radius 1 is 1.20 bits per heavy atom. The number of hydrogen-bond acceptors (Lipinski definition) is 3. The Hall–Kier alpha value is -1.66. The first-order valence-corrected chi connectivity index (χ1v) is 8.02. The van der Waals surface area contributed by atoms with Crippen molar-refractivity contribution in [3.8, 4) is 0 Å². The second-order valence-electron chi connectivity index (χ2n) is 5.19. The molecular formula is C14H17N3O2S. The summed E-state index contributed by atoms with van der Waals surface area (Å²) in [6, 6.07) is 5.42. The van der Waals surface area contributed by atoms with E-state index >= 15 is 0 Å². The van der Waals surface area contributed by atoms with Gasteiger partial charge in [0.05, 0.1) is 11.7 Å². The number of rotatable bonds is 2. The number of fused-ring (bicyclic) bond motifs is 1. The molecule has 20 heavy (non-hydrogen) atoms. The van der Waals surface area contributed by atoms with Crippen molar-refractivity contribution in [2.45, 2.75) is 25.2 Å². The zero-order valence-corrected chi connectivity index (χ0v) is 12.4. The van der Waals surface area contributed by atoms with Crippen LogP contribution in [-0.4, -0.2) is 35.4 Å². The van der Waals surface area contributed by atoms with Crippen molar-refractivity contribution in [2.24, 2.45) is 0 Å². The Bertz CT molecular complexity index is 790. The average molecular weight is 291 g/mol. The predicted octanol–water partition coefficient (Wildman–Crippen LogP) is 2.07. The highest BCUT2D eigenvalue weighted by atomic mass is 32.2. The van der Waals surface area contributed by atoms with Gasteiger partial charge in [0.15, 0.2) is 0 Å². The van der Waals surface area contributed by atoms with Gasteiger partial charge in [-0.2, -0.15) is 9.40 Å². The van der Waals surface area contributed by atoms with E-state index in [0.29, 0.717) is 18.6 Å². The summed E-state index contributed by atoms with van der Waals surface area (Å²) in [5.41, 5.74) is 3.05. The third kappa shape index (κ3) is 2.05. The molecule has 6 heteroatoms. The van der Waals surface area contributed by atoms with Crippen molar-refractivity contribution < 1.29 is 8.42 Å². The summed E-state index contributed by atoms with van der Waals surface area (Å²) in [6.07, 6.45) is 3.98. The Labute approximate surface area is 118 Å². The van der Waals surface area contributed by atoms with E-state index in [4.69, 9.17) is 0 Å². The fraction of sp³-hybridized carbons (Fsp3) is 0.357. The minimum atomic E-state index is -3.49. The first-order valence-electron chi connectivity index (χ1n) is 6.58. The van der Waals surface area contributed by atoms with Gasteiger partial charge in [-0.25, -0.2) is 12.9 Å². The lowest BCUT2D eigenvalue weighted by molar-refractivity contribution is 0.421. The SMILES string of the molecule is CC1=C(C)CN(S(=O)(=O)c2cnn3ccccc23)CC1. The number of hydrogen-bond donors (Lipinski definition) is 0. The van der Waals surface area contributed by atoms with Crippen LogP contribution in [-0.2, 0) is 10.0 Å². The van der Waals surface area contributed by atoms with Crippen LogP contribution in [0.1, 0.15) is 20.3 Å². The van der Waals surface area contributed by atoms with Crippen molar-refractivity contribution >= 4 is 15.5 Å². The summed E-state index contributed by atoms with van der Waals surface area (Å²) in [6.45, 7) is 5.07. The molecule has 0 aliphatic carbocycles. The molecule has 0 saturated carbocycles. The molecule has 0 amide bonds. The lowest BCUT2D eigenvalue weighted by Crippen LogP contribution is -2.36. The first-order chi connectivity index (χ1) is 9.50. The molecule has 3 rings (SSSR count). The van der Waals surface area contributed by atoms with Gasteiger partial charge in [-0.15, -0.1) is 0 Å². The molecule has 0 radical (unpaired) electrons. The molecule has 106 valence electrons. The standard InChI is InChI=1S/C14H17N3O2S/c1-11-6-8-16(10-12(11)2)20(18,19)14-9-15-17-7-4-3-5-13(14)17/h3-5,7,9H,6,8,10H2,1-2H3. The van der Waals surface area contributed by atoms with Crippen molar-refractivity contribution in [3.05, 3.63) is 41.7 Å². The minimum absolute atomic E-state index is 0.283. The minimum Gasteiger partial charge on any atom is -0.240 e. The van der Waals surface area contributed by atoms with Gasteiger partial charge >= 0.3 is 0 Å². The Kier molecular flexibility index (Phi) is 3.14. The lowest BCUT2D eigenvalue weighted by atomic mass is 10.1. The molecule has 0 saturated heterocycles. The summed E-state index contributed by atoms with van der Waals surface area (Å²) in [5, 5.41) is 4.11. The molecule has 2 aromatic rings. The topological polar surface area (TPSA) is 54.7 Å². The van der Waals surface area contributed by atoms with E-state index in [1.807, 2.05) is 19.1 Å². The van der Waals surface area contributed by atoms with Crippen LogP contribution < -0.4 is 0 Å². The van der Waals surface area contributed by atoms with Crippen LogP contribution in [0, 0.1) is 0 Å². The second kappa shape index (κ2) is 4.71. The second-order valence-corrected chi connectivity index (χ2v) is 7.09. The number of nitrogens with zero attached hydrogens (tertiary/aromatic N) is 3. The summed E-state index contributed by atoms with van der Waals surface area (Å²) in [7, 11) is -3.49. The monoisotopic (exact) mass is 291 g/mol. The first kappa shape index (κ1) is 13.3. The van der Waals surface area contributed by atoms with Crippen molar-refractivity contribution in [3.63, 3.8) is 0 Å². The van der Waals surface area contributed by atoms with Crippen molar-refractivity contribution in [2.75, 3.05) is 13.1 Å². The van der Waals surface area contributed by atoms with Gasteiger partial charge in [0.1, 0.15) is 4.90 Å². The Morgan fingerprint density at radius 3 is 2.75 bits per heavy atom. The predicted molar refractivity (Wildman–Crippen MR) is 76.9 cm³/mol. The molecular weight excluding hydrogens is 274 g/mol. The molecule has 2 aromatic heterocycles. The largest absolute Gasteiger partial charge is 0.247 e. The van der Waals surface area contributed by atoms with Gasteiger partial charge < -0.3 is 0 Å². The summed E-state index contributed by atoms with van der Waals surface area (Å²) >= 11 is 0. The maximum atomic E-state index is 12.8. The molecule has 0 N–H and O–H groups in total. The normalized spacial score (nSPS) is 17.9. The molecule has 0 spiro atoms. The molecule has 1 aliphatic heterocycles. The number of sulfonamides is 1. The van der Waals surface area contributed by atoms with Crippen LogP contribution in [0.15, 0.2) is 46.6 Å². The summed E-state index contributed by atoms with van der Waals surface area (Å²) < 4.78 is 28.7. The molecule has 0 unspecified atom stereocenters. The van der Waals surface area contributed by atoms with Gasteiger partial charge in [-0.3, -0.25) is 0 Å². The van der Waals surface area contributed by atoms with Gasteiger partial charge in [0.2, 0.25) is 10.0 Å². The number of pyridine rings is 1. The van der Waals surface area contributed by atoms with E-state index < -0.39 is 10.0 Å². The Balaban J connectivity index is 2.05. The third-order valence-electron chi connectivity index (χ3n) is 3.89. The molecule has 0 fully saturated rings. The summed E-state index contributed by atoms with van der Waals surface area (Å²) in [5.74, 6) is 0. The fourth-order valence-corrected chi connectivity index (χ4v) is 4.02. The van der Waals surface area contributed by atoms with E-state index in [9.17, 15) is 8.42 Å². The zero-order valence-electron chi connectivity index (χ0n) is 11.6. The van der Waals surface area contributed by atoms with Crippen LogP contribution in [0.4, 0.5) is 0 Å². The maximum Gasteiger partial charge on any atom is 0.247 e.